The van der Waals surface area contributed by atoms with Crippen LogP contribution >= 0.6 is 11.3 Å². The first-order chi connectivity index (χ1) is 12.8. The second kappa shape index (κ2) is 6.50. The van der Waals surface area contributed by atoms with Gasteiger partial charge in [0.2, 0.25) is 5.82 Å². The minimum atomic E-state index is -4.45. The molecule has 0 saturated carbocycles. The third-order valence-corrected chi connectivity index (χ3v) is 5.10. The molecule has 0 spiro atoms. The van der Waals surface area contributed by atoms with Gasteiger partial charge in [-0.3, -0.25) is 0 Å². The molecule has 2 aromatic heterocycles. The van der Waals surface area contributed by atoms with Gasteiger partial charge in [0.1, 0.15) is 12.3 Å². The van der Waals surface area contributed by atoms with Crippen molar-refractivity contribution >= 4 is 27.9 Å². The fourth-order valence-corrected chi connectivity index (χ4v) is 3.81. The van der Waals surface area contributed by atoms with Crippen molar-refractivity contribution in [2.75, 3.05) is 24.6 Å². The summed E-state index contributed by atoms with van der Waals surface area (Å²) in [6.07, 6.45) is -3.52. The maximum atomic E-state index is 13.0. The topological polar surface area (TPSA) is 72.9 Å². The molecule has 3 heterocycles. The lowest BCUT2D eigenvalue weighted by atomic mass is 10.0. The molecule has 0 aliphatic carbocycles. The smallest absolute Gasteiger partial charge is 0.370 e. The number of hydrogen-bond acceptors (Lipinski definition) is 6. The molecular weight excluding hydrogens is 385 g/mol. The van der Waals surface area contributed by atoms with E-state index < -0.39 is 22.8 Å². The summed E-state index contributed by atoms with van der Waals surface area (Å²) in [6.45, 7) is 0.761. The predicted molar refractivity (Wildman–Crippen MR) is 92.1 cm³/mol. The number of benzene rings is 1. The van der Waals surface area contributed by atoms with Crippen LogP contribution in [-0.2, 0) is 10.9 Å². The highest BCUT2D eigenvalue weighted by Gasteiger charge is 2.34. The van der Waals surface area contributed by atoms with Crippen molar-refractivity contribution in [2.45, 2.75) is 12.3 Å². The van der Waals surface area contributed by atoms with Crippen LogP contribution in [0.4, 0.5) is 24.8 Å². The molecule has 0 bridgehead atoms. The Morgan fingerprint density at radius 1 is 1.37 bits per heavy atom. The van der Waals surface area contributed by atoms with Crippen LogP contribution in [0.2, 0.25) is 0 Å². The van der Waals surface area contributed by atoms with Crippen LogP contribution in [0, 0.1) is 10.1 Å². The number of imidazole rings is 1. The van der Waals surface area contributed by atoms with E-state index in [1.54, 1.807) is 22.5 Å². The third kappa shape index (κ3) is 3.23. The molecule has 0 unspecified atom stereocenters. The lowest BCUT2D eigenvalue weighted by Gasteiger charge is -2.33. The second-order valence-electron chi connectivity index (χ2n) is 6.00. The number of fused-ring (bicyclic) bond motifs is 1. The number of nitrogens with zero attached hydrogens (tertiary/aromatic N) is 4. The van der Waals surface area contributed by atoms with E-state index in [2.05, 4.69) is 4.98 Å². The highest BCUT2D eigenvalue weighted by atomic mass is 32.1. The fraction of sp³-hybridized carbons (Fsp3) is 0.312. The van der Waals surface area contributed by atoms with Crippen molar-refractivity contribution in [3.05, 3.63) is 57.1 Å². The Morgan fingerprint density at radius 3 is 2.93 bits per heavy atom. The number of anilines is 1. The number of aromatic nitrogens is 2. The number of ether oxygens (including phenoxy) is 1. The van der Waals surface area contributed by atoms with Crippen molar-refractivity contribution in [2.24, 2.45) is 0 Å². The maximum Gasteiger partial charge on any atom is 0.416 e. The van der Waals surface area contributed by atoms with Crippen molar-refractivity contribution in [3.63, 3.8) is 0 Å². The number of nitro groups is 1. The van der Waals surface area contributed by atoms with Gasteiger partial charge in [-0.1, -0.05) is 23.5 Å². The van der Waals surface area contributed by atoms with Crippen LogP contribution in [0.25, 0.3) is 4.96 Å². The number of halogens is 3. The normalized spacial score (nSPS) is 18.2. The lowest BCUT2D eigenvalue weighted by Crippen LogP contribution is -2.39. The Hall–Kier alpha value is -2.66. The third-order valence-electron chi connectivity index (χ3n) is 4.34. The molecule has 0 amide bonds. The van der Waals surface area contributed by atoms with Gasteiger partial charge in [-0.05, 0) is 22.6 Å². The number of thiazole rings is 1. The van der Waals surface area contributed by atoms with Crippen LogP contribution in [0.5, 0.6) is 0 Å². The van der Waals surface area contributed by atoms with Crippen molar-refractivity contribution in [1.29, 1.82) is 0 Å². The lowest BCUT2D eigenvalue weighted by molar-refractivity contribution is -0.389. The van der Waals surface area contributed by atoms with Gasteiger partial charge in [-0.15, -0.1) is 0 Å². The Balaban J connectivity index is 1.65. The van der Waals surface area contributed by atoms with Crippen molar-refractivity contribution in [1.82, 2.24) is 9.38 Å². The summed E-state index contributed by atoms with van der Waals surface area (Å²) in [5.74, 6) is 0.0445. The molecule has 1 fully saturated rings. The zero-order chi connectivity index (χ0) is 19.2. The minimum absolute atomic E-state index is 0.157. The Morgan fingerprint density at radius 2 is 2.19 bits per heavy atom. The summed E-state index contributed by atoms with van der Waals surface area (Å²) in [4.78, 5) is 17.5. The summed E-state index contributed by atoms with van der Waals surface area (Å²) in [5.41, 5.74) is -0.382. The molecule has 1 atom stereocenters. The largest absolute Gasteiger partial charge is 0.416 e. The molecule has 27 heavy (non-hydrogen) atoms. The van der Waals surface area contributed by atoms with Crippen LogP contribution < -0.4 is 4.90 Å². The quantitative estimate of drug-likeness (QED) is 0.494. The average molecular weight is 398 g/mol. The second-order valence-corrected chi connectivity index (χ2v) is 6.87. The van der Waals surface area contributed by atoms with Crippen molar-refractivity contribution in [3.8, 4) is 0 Å². The van der Waals surface area contributed by atoms with E-state index in [4.69, 9.17) is 4.74 Å². The van der Waals surface area contributed by atoms with Gasteiger partial charge in [-0.2, -0.15) is 22.6 Å². The Labute approximate surface area is 154 Å². The molecule has 1 aliphatic rings. The van der Waals surface area contributed by atoms with Gasteiger partial charge < -0.3 is 19.8 Å². The highest BCUT2D eigenvalue weighted by molar-refractivity contribution is 7.15. The first-order valence-corrected chi connectivity index (χ1v) is 8.86. The Kier molecular flexibility index (Phi) is 4.27. The SMILES string of the molecule is O=[N+]([O-])c1c(N2CCO[C@@H](c3cccc(C(F)(F)F)c3)C2)nc2sccn12. The van der Waals surface area contributed by atoms with Gasteiger partial charge in [-0.25, -0.2) is 0 Å². The molecule has 142 valence electrons. The zero-order valence-corrected chi connectivity index (χ0v) is 14.5. The molecule has 4 rings (SSSR count). The highest BCUT2D eigenvalue weighted by Crippen LogP contribution is 2.36. The summed E-state index contributed by atoms with van der Waals surface area (Å²) in [6, 6.07) is 4.94. The average Bonchev–Trinajstić information content (AvgIpc) is 3.22. The minimum Gasteiger partial charge on any atom is -0.370 e. The molecule has 0 N–H and O–H groups in total. The summed E-state index contributed by atoms with van der Waals surface area (Å²) in [5, 5.41) is 13.2. The van der Waals surface area contributed by atoms with Crippen LogP contribution in [0.15, 0.2) is 35.8 Å². The molecule has 11 heteroatoms. The molecule has 3 aromatic rings. The van der Waals surface area contributed by atoms with E-state index in [0.29, 0.717) is 17.1 Å². The Bertz CT molecular complexity index is 1000. The number of hydrogen-bond donors (Lipinski definition) is 0. The first-order valence-electron chi connectivity index (χ1n) is 7.98. The summed E-state index contributed by atoms with van der Waals surface area (Å²) >= 11 is 1.27. The number of morpholine rings is 1. The molecule has 1 aliphatic heterocycles. The first kappa shape index (κ1) is 17.7. The zero-order valence-electron chi connectivity index (χ0n) is 13.7. The number of rotatable bonds is 3. The molecular formula is C16H13F3N4O3S. The van der Waals surface area contributed by atoms with Gasteiger partial charge in [0, 0.05) is 11.9 Å². The van der Waals surface area contributed by atoms with E-state index in [1.165, 1.54) is 21.8 Å². The molecule has 7 nitrogen and oxygen atoms in total. The van der Waals surface area contributed by atoms with E-state index >= 15 is 0 Å². The fourth-order valence-electron chi connectivity index (χ4n) is 3.10. The monoisotopic (exact) mass is 398 g/mol. The van der Waals surface area contributed by atoms with Crippen LogP contribution in [0.3, 0.4) is 0 Å². The summed E-state index contributed by atoms with van der Waals surface area (Å²) < 4.78 is 45.9. The van der Waals surface area contributed by atoms with Gasteiger partial charge in [0.15, 0.2) is 0 Å². The summed E-state index contributed by atoms with van der Waals surface area (Å²) in [7, 11) is 0. The van der Waals surface area contributed by atoms with Crippen LogP contribution in [-0.4, -0.2) is 34.0 Å². The number of alkyl halides is 3. The molecule has 0 radical (unpaired) electrons. The van der Waals surface area contributed by atoms with Gasteiger partial charge >= 0.3 is 12.0 Å². The van der Waals surface area contributed by atoms with E-state index in [1.807, 2.05) is 0 Å². The van der Waals surface area contributed by atoms with E-state index in [-0.39, 0.29) is 24.8 Å². The predicted octanol–water partition coefficient (Wildman–Crippen LogP) is 3.90. The van der Waals surface area contributed by atoms with E-state index in [0.717, 1.165) is 12.1 Å². The molecule has 1 saturated heterocycles. The van der Waals surface area contributed by atoms with E-state index in [9.17, 15) is 23.3 Å². The van der Waals surface area contributed by atoms with Crippen LogP contribution in [0.1, 0.15) is 17.2 Å². The van der Waals surface area contributed by atoms with Gasteiger partial charge in [0.25, 0.3) is 4.96 Å². The standard InChI is InChI=1S/C16H13F3N4O3S/c17-16(18,19)11-3-1-2-10(8-11)12-9-21(4-6-26-12)13-14(23(24)25)22-5-7-27-15(22)20-13/h1-3,5,7-8,12H,4,6,9H2/t12-/m1/s1. The maximum absolute atomic E-state index is 13.0. The van der Waals surface area contributed by atoms with Gasteiger partial charge in [0.05, 0.1) is 18.7 Å². The molecule has 1 aromatic carbocycles. The van der Waals surface area contributed by atoms with Crippen molar-refractivity contribution < 1.29 is 22.8 Å².